The zero-order valence-electron chi connectivity index (χ0n) is 15.1. The standard InChI is InChI=1S/C8H12N2O3.C8H10N2O3/c2*1-3-13-8(12)6-4-5(2)9-10-7(6)11/h6H,3-4H2,1-2H3,(H,10,11);4H,3H2,1-2H3,(H,10,11). The van der Waals surface area contributed by atoms with Crippen LogP contribution in [-0.2, 0) is 19.1 Å². The average Bonchev–Trinajstić information content (AvgIpc) is 2.60. The summed E-state index contributed by atoms with van der Waals surface area (Å²) >= 11 is 0. The predicted molar refractivity (Wildman–Crippen MR) is 91.5 cm³/mol. The van der Waals surface area contributed by atoms with Crippen LogP contribution in [-0.4, -0.2) is 47.0 Å². The summed E-state index contributed by atoms with van der Waals surface area (Å²) in [5.41, 5.74) is 3.05. The first-order valence-electron chi connectivity index (χ1n) is 8.03. The number of H-pyrrole nitrogens is 1. The number of esters is 2. The van der Waals surface area contributed by atoms with Gasteiger partial charge in [0, 0.05) is 12.1 Å². The Hall–Kier alpha value is -3.04. The third-order valence-corrected chi connectivity index (χ3v) is 3.17. The molecular weight excluding hydrogens is 344 g/mol. The van der Waals surface area contributed by atoms with Gasteiger partial charge in [0.2, 0.25) is 0 Å². The highest BCUT2D eigenvalue weighted by Crippen LogP contribution is 2.11. The molecule has 1 amide bonds. The van der Waals surface area contributed by atoms with Crippen molar-refractivity contribution >= 4 is 23.6 Å². The van der Waals surface area contributed by atoms with E-state index in [1.54, 1.807) is 27.7 Å². The average molecular weight is 366 g/mol. The van der Waals surface area contributed by atoms with Crippen LogP contribution in [0.4, 0.5) is 0 Å². The van der Waals surface area contributed by atoms with E-state index >= 15 is 0 Å². The molecular formula is C16H22N4O6. The van der Waals surface area contributed by atoms with Gasteiger partial charge in [0.15, 0.2) is 0 Å². The highest BCUT2D eigenvalue weighted by Gasteiger charge is 2.31. The molecule has 1 aliphatic heterocycles. The molecule has 0 saturated heterocycles. The van der Waals surface area contributed by atoms with Gasteiger partial charge >= 0.3 is 11.9 Å². The van der Waals surface area contributed by atoms with E-state index in [-0.39, 0.29) is 18.1 Å². The van der Waals surface area contributed by atoms with Gasteiger partial charge in [0.25, 0.3) is 11.5 Å². The van der Waals surface area contributed by atoms with Crippen molar-refractivity contribution in [1.82, 2.24) is 15.6 Å². The van der Waals surface area contributed by atoms with Crippen molar-refractivity contribution in [2.45, 2.75) is 34.1 Å². The van der Waals surface area contributed by atoms with Crippen LogP contribution in [0.3, 0.4) is 0 Å². The maximum absolute atomic E-state index is 11.2. The number of nitrogens with one attached hydrogen (secondary N) is 2. The smallest absolute Gasteiger partial charge is 0.343 e. The summed E-state index contributed by atoms with van der Waals surface area (Å²) in [6.45, 7) is 7.36. The number of carbonyl (C=O) groups excluding carboxylic acids is 3. The van der Waals surface area contributed by atoms with E-state index in [0.29, 0.717) is 18.7 Å². The molecule has 0 aromatic carbocycles. The number of amides is 1. The number of hydrazone groups is 1. The highest BCUT2D eigenvalue weighted by molar-refractivity contribution is 6.04. The van der Waals surface area contributed by atoms with Gasteiger partial charge in [0.1, 0.15) is 11.5 Å². The van der Waals surface area contributed by atoms with Crippen LogP contribution in [0.5, 0.6) is 0 Å². The SMILES string of the molecule is CCOC(=O)C1CC(C)=NNC1=O.CCOC(=O)c1cc(C)n[nH]c1=O. The number of aromatic amines is 1. The van der Waals surface area contributed by atoms with Crippen molar-refractivity contribution in [3.8, 4) is 0 Å². The fourth-order valence-corrected chi connectivity index (χ4v) is 1.96. The Bertz CT molecular complexity index is 755. The summed E-state index contributed by atoms with van der Waals surface area (Å²) in [5.74, 6) is -2.20. The Kier molecular flexibility index (Phi) is 8.13. The van der Waals surface area contributed by atoms with Crippen LogP contribution in [0.15, 0.2) is 16.0 Å². The molecule has 2 N–H and O–H groups in total. The van der Waals surface area contributed by atoms with Gasteiger partial charge in [-0.15, -0.1) is 0 Å². The molecule has 0 radical (unpaired) electrons. The van der Waals surface area contributed by atoms with Gasteiger partial charge < -0.3 is 9.47 Å². The number of hydrogen-bond acceptors (Lipinski definition) is 8. The number of rotatable bonds is 4. The summed E-state index contributed by atoms with van der Waals surface area (Å²) in [5, 5.41) is 9.55. The minimum atomic E-state index is -0.725. The molecule has 1 aromatic rings. The van der Waals surface area contributed by atoms with Crippen molar-refractivity contribution in [3.63, 3.8) is 0 Å². The number of aromatic nitrogens is 2. The highest BCUT2D eigenvalue weighted by atomic mass is 16.5. The molecule has 0 bridgehead atoms. The van der Waals surface area contributed by atoms with Crippen LogP contribution in [0, 0.1) is 12.8 Å². The van der Waals surface area contributed by atoms with Crippen LogP contribution >= 0.6 is 0 Å². The van der Waals surface area contributed by atoms with E-state index in [0.717, 1.165) is 5.71 Å². The molecule has 10 nitrogen and oxygen atoms in total. The van der Waals surface area contributed by atoms with Gasteiger partial charge in [-0.25, -0.2) is 15.3 Å². The third-order valence-electron chi connectivity index (χ3n) is 3.17. The molecule has 2 heterocycles. The predicted octanol–water partition coefficient (Wildman–Crippen LogP) is 0.317. The van der Waals surface area contributed by atoms with Gasteiger partial charge in [-0.05, 0) is 33.8 Å². The quantitative estimate of drug-likeness (QED) is 0.577. The monoisotopic (exact) mass is 366 g/mol. The van der Waals surface area contributed by atoms with Crippen molar-refractivity contribution in [1.29, 1.82) is 0 Å². The Balaban J connectivity index is 0.000000260. The van der Waals surface area contributed by atoms with Crippen LogP contribution in [0.2, 0.25) is 0 Å². The van der Waals surface area contributed by atoms with E-state index < -0.39 is 23.4 Å². The lowest BCUT2D eigenvalue weighted by Gasteiger charge is -2.17. The molecule has 26 heavy (non-hydrogen) atoms. The van der Waals surface area contributed by atoms with E-state index in [4.69, 9.17) is 4.74 Å². The summed E-state index contributed by atoms with van der Waals surface area (Å²) in [7, 11) is 0. The second-order valence-electron chi connectivity index (χ2n) is 5.30. The zero-order valence-corrected chi connectivity index (χ0v) is 15.1. The minimum absolute atomic E-state index is 0.00523. The summed E-state index contributed by atoms with van der Waals surface area (Å²) < 4.78 is 9.42. The second-order valence-corrected chi connectivity index (χ2v) is 5.30. The van der Waals surface area contributed by atoms with E-state index in [9.17, 15) is 19.2 Å². The van der Waals surface area contributed by atoms with Crippen molar-refractivity contribution < 1.29 is 23.9 Å². The number of ether oxygens (including phenoxy) is 2. The molecule has 10 heteroatoms. The maximum Gasteiger partial charge on any atom is 0.343 e. The number of nitrogens with zero attached hydrogens (tertiary/aromatic N) is 2. The Morgan fingerprint density at radius 3 is 2.46 bits per heavy atom. The van der Waals surface area contributed by atoms with Crippen molar-refractivity contribution in [3.05, 3.63) is 27.7 Å². The number of carbonyl (C=O) groups is 3. The molecule has 0 saturated carbocycles. The van der Waals surface area contributed by atoms with Crippen molar-refractivity contribution in [2.24, 2.45) is 11.0 Å². The van der Waals surface area contributed by atoms with E-state index in [2.05, 4.69) is 25.5 Å². The molecule has 142 valence electrons. The van der Waals surface area contributed by atoms with Gasteiger partial charge in [0.05, 0.1) is 18.9 Å². The first-order valence-corrected chi connectivity index (χ1v) is 8.03. The van der Waals surface area contributed by atoms with E-state index in [1.807, 2.05) is 0 Å². The first kappa shape index (κ1) is 21.0. The molecule has 1 atom stereocenters. The van der Waals surface area contributed by atoms with Gasteiger partial charge in [-0.3, -0.25) is 14.4 Å². The lowest BCUT2D eigenvalue weighted by molar-refractivity contribution is -0.152. The molecule has 1 aliphatic rings. The lowest BCUT2D eigenvalue weighted by Crippen LogP contribution is -2.39. The molecule has 1 unspecified atom stereocenters. The minimum Gasteiger partial charge on any atom is -0.465 e. The second kappa shape index (κ2) is 10.1. The maximum atomic E-state index is 11.2. The Morgan fingerprint density at radius 2 is 1.85 bits per heavy atom. The molecule has 1 aromatic heterocycles. The van der Waals surface area contributed by atoms with Crippen molar-refractivity contribution in [2.75, 3.05) is 13.2 Å². The van der Waals surface area contributed by atoms with Crippen LogP contribution in [0.1, 0.15) is 43.2 Å². The largest absolute Gasteiger partial charge is 0.465 e. The lowest BCUT2D eigenvalue weighted by atomic mass is 10.0. The number of hydrogen-bond donors (Lipinski definition) is 2. The van der Waals surface area contributed by atoms with E-state index in [1.165, 1.54) is 6.07 Å². The van der Waals surface area contributed by atoms with Gasteiger partial charge in [-0.2, -0.15) is 10.2 Å². The molecule has 0 fully saturated rings. The normalized spacial score (nSPS) is 15.8. The fraction of sp³-hybridized carbons (Fsp3) is 0.500. The zero-order chi connectivity index (χ0) is 19.7. The summed E-state index contributed by atoms with van der Waals surface area (Å²) in [6, 6.07) is 1.40. The number of aryl methyl sites for hydroxylation is 1. The Labute approximate surface area is 150 Å². The third kappa shape index (κ3) is 6.11. The summed E-state index contributed by atoms with van der Waals surface area (Å²) in [4.78, 5) is 44.6. The van der Waals surface area contributed by atoms with Crippen LogP contribution in [0.25, 0.3) is 0 Å². The summed E-state index contributed by atoms with van der Waals surface area (Å²) in [6.07, 6.45) is 0.352. The molecule has 0 spiro atoms. The van der Waals surface area contributed by atoms with Gasteiger partial charge in [-0.1, -0.05) is 0 Å². The van der Waals surface area contributed by atoms with Crippen LogP contribution < -0.4 is 11.0 Å². The molecule has 2 rings (SSSR count). The Morgan fingerprint density at radius 1 is 1.19 bits per heavy atom. The molecule has 0 aliphatic carbocycles. The topological polar surface area (TPSA) is 140 Å². The first-order chi connectivity index (χ1) is 12.3. The fourth-order valence-electron chi connectivity index (χ4n) is 1.96.